The molecule has 1 amide bonds. The van der Waals surface area contributed by atoms with Crippen molar-refractivity contribution in [2.75, 3.05) is 25.6 Å². The molecule has 0 bridgehead atoms. The highest BCUT2D eigenvalue weighted by Crippen LogP contribution is 2.51. The zero-order chi connectivity index (χ0) is 24.6. The molecule has 1 aliphatic carbocycles. The third-order valence-corrected chi connectivity index (χ3v) is 7.92. The molecule has 5 nitrogen and oxygen atoms in total. The highest BCUT2D eigenvalue weighted by molar-refractivity contribution is 6.08. The average molecular weight is 480 g/mol. The van der Waals surface area contributed by atoms with Crippen molar-refractivity contribution in [2.24, 2.45) is 5.92 Å². The van der Waals surface area contributed by atoms with Crippen LogP contribution < -0.4 is 10.6 Å². The lowest BCUT2D eigenvalue weighted by atomic mass is 9.76. The maximum Gasteiger partial charge on any atom is 0.253 e. The van der Waals surface area contributed by atoms with Gasteiger partial charge in [0.25, 0.3) is 5.91 Å². The predicted octanol–water partition coefficient (Wildman–Crippen LogP) is 6.41. The zero-order valence-corrected chi connectivity index (χ0v) is 21.0. The molecule has 2 N–H and O–H groups in total. The Morgan fingerprint density at radius 2 is 1.94 bits per heavy atom. The van der Waals surface area contributed by atoms with E-state index in [1.807, 2.05) is 12.1 Å². The fourth-order valence-electron chi connectivity index (χ4n) is 6.26. The molecule has 3 atom stereocenters. The van der Waals surface area contributed by atoms with Crippen LogP contribution in [-0.2, 0) is 11.3 Å². The highest BCUT2D eigenvalue weighted by Gasteiger charge is 2.39. The number of amides is 1. The minimum atomic E-state index is -0.0314. The van der Waals surface area contributed by atoms with E-state index < -0.39 is 0 Å². The van der Waals surface area contributed by atoms with Crippen molar-refractivity contribution in [3.8, 4) is 0 Å². The van der Waals surface area contributed by atoms with E-state index in [1.165, 1.54) is 32.9 Å². The molecule has 0 fully saturated rings. The van der Waals surface area contributed by atoms with Gasteiger partial charge in [0.2, 0.25) is 0 Å². The first-order chi connectivity index (χ1) is 17.7. The molecule has 36 heavy (non-hydrogen) atoms. The Bertz CT molecular complexity index is 1470. The number of hydrogen-bond acceptors (Lipinski definition) is 3. The minimum Gasteiger partial charge on any atom is -0.385 e. The molecule has 4 aromatic rings. The Balaban J connectivity index is 1.40. The number of aromatic nitrogens is 1. The summed E-state index contributed by atoms with van der Waals surface area (Å²) >= 11 is 0. The molecule has 6 rings (SSSR count). The largest absolute Gasteiger partial charge is 0.385 e. The predicted molar refractivity (Wildman–Crippen MR) is 147 cm³/mol. The number of nitrogens with zero attached hydrogens (tertiary/aromatic N) is 1. The third-order valence-electron chi connectivity index (χ3n) is 7.92. The van der Waals surface area contributed by atoms with Crippen LogP contribution in [0.5, 0.6) is 0 Å². The molecular formula is C31H33N3O2. The van der Waals surface area contributed by atoms with E-state index in [4.69, 9.17) is 4.74 Å². The van der Waals surface area contributed by atoms with Crippen molar-refractivity contribution in [3.63, 3.8) is 0 Å². The van der Waals surface area contributed by atoms with Gasteiger partial charge in [-0.1, -0.05) is 48.6 Å². The van der Waals surface area contributed by atoms with E-state index in [-0.39, 0.29) is 11.9 Å². The maximum absolute atomic E-state index is 13.2. The second-order valence-corrected chi connectivity index (χ2v) is 9.89. The number of aryl methyl sites for hydroxylation is 1. The average Bonchev–Trinajstić information content (AvgIpc) is 3.53. The molecule has 0 spiro atoms. The van der Waals surface area contributed by atoms with Gasteiger partial charge in [0.05, 0.1) is 17.3 Å². The summed E-state index contributed by atoms with van der Waals surface area (Å²) < 4.78 is 7.52. The molecule has 2 aliphatic rings. The van der Waals surface area contributed by atoms with Gasteiger partial charge in [-0.15, -0.1) is 0 Å². The second-order valence-electron chi connectivity index (χ2n) is 9.89. The fourth-order valence-corrected chi connectivity index (χ4v) is 6.26. The number of allylic oxidation sites excluding steroid dienone is 2. The zero-order valence-electron chi connectivity index (χ0n) is 21.0. The van der Waals surface area contributed by atoms with Gasteiger partial charge in [0, 0.05) is 54.5 Å². The van der Waals surface area contributed by atoms with Gasteiger partial charge in [-0.3, -0.25) is 4.79 Å². The van der Waals surface area contributed by atoms with E-state index in [1.54, 1.807) is 7.11 Å². The molecule has 1 aromatic heterocycles. The van der Waals surface area contributed by atoms with Crippen LogP contribution in [0.4, 0.5) is 5.69 Å². The summed E-state index contributed by atoms with van der Waals surface area (Å²) in [7, 11) is 1.68. The summed E-state index contributed by atoms with van der Waals surface area (Å²) in [6.07, 6.45) is 6.47. The number of anilines is 1. The molecule has 2 heterocycles. The van der Waals surface area contributed by atoms with Crippen molar-refractivity contribution in [3.05, 3.63) is 89.5 Å². The standard InChI is InChI=1S/C31H33N3O2/c1-3-34-27-14-5-4-9-22(27)26-19-20(15-16-28(26)34)29-23-11-6-10-21(23)24-12-7-13-25(30(24)33-29)31(35)32-17-8-18-36-2/h4-7,9-10,12-16,19,21,23,29,33H,3,8,11,17-18H2,1-2H3,(H,32,35). The SMILES string of the molecule is CCn1c2ccccc2c2cc(C3Nc4c(C(=O)NCCCOC)cccc4C4C=CCC43)ccc21. The monoisotopic (exact) mass is 479 g/mol. The molecule has 3 aromatic carbocycles. The number of nitrogens with one attached hydrogen (secondary N) is 2. The fraction of sp³-hybridized carbons (Fsp3) is 0.323. The number of methoxy groups -OCH3 is 1. The first-order valence-corrected chi connectivity index (χ1v) is 13.1. The molecule has 3 unspecified atom stereocenters. The summed E-state index contributed by atoms with van der Waals surface area (Å²) in [5.74, 6) is 0.700. The van der Waals surface area contributed by atoms with Crippen molar-refractivity contribution >= 4 is 33.4 Å². The Labute approximate surface area is 212 Å². The lowest BCUT2D eigenvalue weighted by Crippen LogP contribution is -2.32. The van der Waals surface area contributed by atoms with Crippen LogP contribution in [0.3, 0.4) is 0 Å². The topological polar surface area (TPSA) is 55.3 Å². The maximum atomic E-state index is 13.2. The summed E-state index contributed by atoms with van der Waals surface area (Å²) in [5.41, 5.74) is 6.74. The van der Waals surface area contributed by atoms with Crippen LogP contribution >= 0.6 is 0 Å². The van der Waals surface area contributed by atoms with Gasteiger partial charge in [0.1, 0.15) is 0 Å². The highest BCUT2D eigenvalue weighted by atomic mass is 16.5. The van der Waals surface area contributed by atoms with Crippen molar-refractivity contribution in [2.45, 2.75) is 38.3 Å². The number of carbonyl (C=O) groups excluding carboxylic acids is 1. The number of hydrogen-bond donors (Lipinski definition) is 2. The molecule has 0 radical (unpaired) electrons. The molecule has 184 valence electrons. The second kappa shape index (κ2) is 9.47. The summed E-state index contributed by atoms with van der Waals surface area (Å²) in [6, 6.07) is 21.9. The molecule has 0 saturated carbocycles. The first-order valence-electron chi connectivity index (χ1n) is 13.1. The van der Waals surface area contributed by atoms with E-state index in [2.05, 4.69) is 82.8 Å². The van der Waals surface area contributed by atoms with E-state index >= 15 is 0 Å². The van der Waals surface area contributed by atoms with Gasteiger partial charge in [-0.05, 0) is 61.1 Å². The van der Waals surface area contributed by atoms with E-state index in [0.717, 1.165) is 30.6 Å². The summed E-state index contributed by atoms with van der Waals surface area (Å²) in [6.45, 7) is 4.38. The van der Waals surface area contributed by atoms with Crippen LogP contribution in [0.2, 0.25) is 0 Å². The van der Waals surface area contributed by atoms with Crippen LogP contribution in [0.1, 0.15) is 53.2 Å². The van der Waals surface area contributed by atoms with Gasteiger partial charge in [-0.2, -0.15) is 0 Å². The number of rotatable bonds is 7. The molecule has 5 heteroatoms. The van der Waals surface area contributed by atoms with Gasteiger partial charge < -0.3 is 19.9 Å². The summed E-state index contributed by atoms with van der Waals surface area (Å²) in [4.78, 5) is 13.2. The quantitative estimate of drug-likeness (QED) is 0.238. The van der Waals surface area contributed by atoms with E-state index in [0.29, 0.717) is 25.0 Å². The minimum absolute atomic E-state index is 0.0314. The Morgan fingerprint density at radius 3 is 2.81 bits per heavy atom. The summed E-state index contributed by atoms with van der Waals surface area (Å²) in [5, 5.41) is 9.50. The van der Waals surface area contributed by atoms with Gasteiger partial charge in [0.15, 0.2) is 0 Å². The first kappa shape index (κ1) is 22.9. The number of carbonyl (C=O) groups is 1. The molecule has 1 aliphatic heterocycles. The normalized spacial score (nSPS) is 20.3. The lowest BCUT2D eigenvalue weighted by molar-refractivity contribution is 0.0949. The Hall–Kier alpha value is -3.57. The number of ether oxygens (including phenoxy) is 1. The lowest BCUT2D eigenvalue weighted by Gasteiger charge is -2.38. The number of benzene rings is 3. The van der Waals surface area contributed by atoms with Crippen molar-refractivity contribution in [1.29, 1.82) is 0 Å². The Morgan fingerprint density at radius 1 is 1.08 bits per heavy atom. The van der Waals surface area contributed by atoms with Crippen LogP contribution in [-0.4, -0.2) is 30.7 Å². The van der Waals surface area contributed by atoms with Crippen LogP contribution in [0.15, 0.2) is 72.8 Å². The smallest absolute Gasteiger partial charge is 0.253 e. The number of para-hydroxylation sites is 2. The van der Waals surface area contributed by atoms with E-state index in [9.17, 15) is 4.79 Å². The van der Waals surface area contributed by atoms with Crippen LogP contribution in [0, 0.1) is 5.92 Å². The van der Waals surface area contributed by atoms with Crippen molar-refractivity contribution < 1.29 is 9.53 Å². The van der Waals surface area contributed by atoms with Gasteiger partial charge in [-0.25, -0.2) is 0 Å². The third kappa shape index (κ3) is 3.70. The van der Waals surface area contributed by atoms with Crippen molar-refractivity contribution in [1.82, 2.24) is 9.88 Å². The molecule has 0 saturated heterocycles. The molecular weight excluding hydrogens is 446 g/mol. The van der Waals surface area contributed by atoms with Crippen LogP contribution in [0.25, 0.3) is 21.8 Å². The number of fused-ring (bicyclic) bond motifs is 6. The van der Waals surface area contributed by atoms with Gasteiger partial charge >= 0.3 is 0 Å². The Kier molecular flexibility index (Phi) is 6.02.